The SMILES string of the molecule is CC(C(=O)O)N(c1ccc(F)cc1F)S(=O)(=O)c1ccccc1. The fourth-order valence-electron chi connectivity index (χ4n) is 2.01. The Morgan fingerprint density at radius 2 is 1.74 bits per heavy atom. The number of aliphatic carboxylic acids is 1. The maximum Gasteiger partial charge on any atom is 0.327 e. The molecule has 0 spiro atoms. The summed E-state index contributed by atoms with van der Waals surface area (Å²) in [6, 6.07) is 7.69. The zero-order valence-electron chi connectivity index (χ0n) is 12.0. The second kappa shape index (κ2) is 6.33. The van der Waals surface area contributed by atoms with E-state index in [2.05, 4.69) is 0 Å². The van der Waals surface area contributed by atoms with Gasteiger partial charge in [-0.25, -0.2) is 26.3 Å². The van der Waals surface area contributed by atoms with Gasteiger partial charge in [0.2, 0.25) is 0 Å². The summed E-state index contributed by atoms with van der Waals surface area (Å²) in [4.78, 5) is 11.1. The number of carboxylic acids is 1. The lowest BCUT2D eigenvalue weighted by atomic mass is 10.2. The number of anilines is 1. The normalized spacial score (nSPS) is 12.7. The molecule has 0 saturated heterocycles. The summed E-state index contributed by atoms with van der Waals surface area (Å²) in [6.07, 6.45) is 0. The Bertz CT molecular complexity index is 825. The molecule has 0 aliphatic carbocycles. The quantitative estimate of drug-likeness (QED) is 0.907. The molecule has 2 aromatic rings. The van der Waals surface area contributed by atoms with Gasteiger partial charge in [-0.2, -0.15) is 0 Å². The molecular formula is C15H13F2NO4S. The molecule has 0 aromatic heterocycles. The summed E-state index contributed by atoms with van der Waals surface area (Å²) < 4.78 is 53.0. The number of sulfonamides is 1. The molecule has 2 rings (SSSR count). The van der Waals surface area contributed by atoms with E-state index in [0.29, 0.717) is 10.4 Å². The van der Waals surface area contributed by atoms with E-state index in [9.17, 15) is 22.0 Å². The minimum atomic E-state index is -4.34. The van der Waals surface area contributed by atoms with Crippen LogP contribution in [-0.4, -0.2) is 25.5 Å². The number of carboxylic acid groups (broad SMARTS) is 1. The van der Waals surface area contributed by atoms with Crippen molar-refractivity contribution in [3.05, 3.63) is 60.2 Å². The van der Waals surface area contributed by atoms with E-state index in [1.165, 1.54) is 24.3 Å². The fraction of sp³-hybridized carbons (Fsp3) is 0.133. The lowest BCUT2D eigenvalue weighted by Gasteiger charge is -2.28. The van der Waals surface area contributed by atoms with Gasteiger partial charge >= 0.3 is 5.97 Å². The third-order valence-electron chi connectivity index (χ3n) is 3.16. The van der Waals surface area contributed by atoms with Crippen LogP contribution in [0.2, 0.25) is 0 Å². The number of nitrogens with zero attached hydrogens (tertiary/aromatic N) is 1. The van der Waals surface area contributed by atoms with E-state index in [-0.39, 0.29) is 4.90 Å². The molecule has 122 valence electrons. The Hall–Kier alpha value is -2.48. The van der Waals surface area contributed by atoms with Crippen molar-refractivity contribution in [2.75, 3.05) is 4.31 Å². The van der Waals surface area contributed by atoms with Gasteiger partial charge in [0.05, 0.1) is 10.6 Å². The maximum atomic E-state index is 14.0. The summed E-state index contributed by atoms with van der Waals surface area (Å²) in [5.74, 6) is -3.53. The highest BCUT2D eigenvalue weighted by Gasteiger charge is 2.34. The van der Waals surface area contributed by atoms with Crippen molar-refractivity contribution in [3.63, 3.8) is 0 Å². The van der Waals surface area contributed by atoms with Gasteiger partial charge in [0.25, 0.3) is 10.0 Å². The molecule has 0 bridgehead atoms. The van der Waals surface area contributed by atoms with E-state index in [4.69, 9.17) is 5.11 Å². The van der Waals surface area contributed by atoms with E-state index in [0.717, 1.165) is 19.1 Å². The monoisotopic (exact) mass is 341 g/mol. The first-order valence-corrected chi connectivity index (χ1v) is 7.96. The van der Waals surface area contributed by atoms with Crippen LogP contribution in [-0.2, 0) is 14.8 Å². The Kier molecular flexibility index (Phi) is 4.65. The number of carbonyl (C=O) groups is 1. The number of halogens is 2. The van der Waals surface area contributed by atoms with Crippen molar-refractivity contribution < 1.29 is 27.1 Å². The first kappa shape index (κ1) is 16.9. The molecule has 23 heavy (non-hydrogen) atoms. The average Bonchev–Trinajstić information content (AvgIpc) is 2.50. The lowest BCUT2D eigenvalue weighted by molar-refractivity contribution is -0.137. The second-order valence-corrected chi connectivity index (χ2v) is 6.54. The van der Waals surface area contributed by atoms with Gasteiger partial charge in [0.15, 0.2) is 0 Å². The first-order valence-electron chi connectivity index (χ1n) is 6.52. The number of hydrogen-bond donors (Lipinski definition) is 1. The standard InChI is InChI=1S/C15H13F2NO4S/c1-10(15(19)20)18(14-8-7-11(16)9-13(14)17)23(21,22)12-5-3-2-4-6-12/h2-10H,1H3,(H,19,20). The van der Waals surface area contributed by atoms with Gasteiger partial charge in [-0.1, -0.05) is 18.2 Å². The van der Waals surface area contributed by atoms with Crippen LogP contribution in [0.15, 0.2) is 53.4 Å². The topological polar surface area (TPSA) is 74.7 Å². The zero-order valence-corrected chi connectivity index (χ0v) is 12.8. The zero-order chi connectivity index (χ0) is 17.2. The van der Waals surface area contributed by atoms with Crippen molar-refractivity contribution in [1.29, 1.82) is 0 Å². The van der Waals surface area contributed by atoms with Crippen LogP contribution in [0.1, 0.15) is 6.92 Å². The third kappa shape index (κ3) is 3.31. The Labute approximate surface area is 131 Å². The molecule has 0 aliphatic heterocycles. The van der Waals surface area contributed by atoms with Gasteiger partial charge in [0, 0.05) is 6.07 Å². The van der Waals surface area contributed by atoms with Gasteiger partial charge in [-0.3, -0.25) is 0 Å². The highest BCUT2D eigenvalue weighted by molar-refractivity contribution is 7.92. The van der Waals surface area contributed by atoms with Crippen LogP contribution in [0.5, 0.6) is 0 Å². The van der Waals surface area contributed by atoms with Crippen LogP contribution < -0.4 is 4.31 Å². The highest BCUT2D eigenvalue weighted by Crippen LogP contribution is 2.29. The smallest absolute Gasteiger partial charge is 0.327 e. The fourth-order valence-corrected chi connectivity index (χ4v) is 3.65. The maximum absolute atomic E-state index is 14.0. The van der Waals surface area contributed by atoms with Gasteiger partial charge in [0.1, 0.15) is 17.7 Å². The highest BCUT2D eigenvalue weighted by atomic mass is 32.2. The van der Waals surface area contributed by atoms with Crippen molar-refractivity contribution in [2.45, 2.75) is 17.9 Å². The summed E-state index contributed by atoms with van der Waals surface area (Å²) in [5.41, 5.74) is -0.537. The summed E-state index contributed by atoms with van der Waals surface area (Å²) >= 11 is 0. The molecule has 0 fully saturated rings. The molecule has 1 atom stereocenters. The molecule has 0 amide bonds. The molecule has 8 heteroatoms. The molecule has 0 saturated carbocycles. The molecule has 0 heterocycles. The largest absolute Gasteiger partial charge is 0.480 e. The van der Waals surface area contributed by atoms with Crippen molar-refractivity contribution in [3.8, 4) is 0 Å². The van der Waals surface area contributed by atoms with E-state index in [1.54, 1.807) is 6.07 Å². The van der Waals surface area contributed by atoms with Crippen molar-refractivity contribution >= 4 is 21.7 Å². The summed E-state index contributed by atoms with van der Waals surface area (Å²) in [5, 5.41) is 9.17. The van der Waals surface area contributed by atoms with Gasteiger partial charge < -0.3 is 5.11 Å². The molecule has 2 aromatic carbocycles. The summed E-state index contributed by atoms with van der Waals surface area (Å²) in [6.45, 7) is 1.10. The van der Waals surface area contributed by atoms with Crippen LogP contribution in [0.3, 0.4) is 0 Å². The predicted octanol–water partition coefficient (Wildman–Crippen LogP) is 2.63. The Morgan fingerprint density at radius 3 is 2.26 bits per heavy atom. The molecule has 1 N–H and O–H groups in total. The van der Waals surface area contributed by atoms with Crippen LogP contribution in [0, 0.1) is 11.6 Å². The van der Waals surface area contributed by atoms with Crippen LogP contribution >= 0.6 is 0 Å². The Balaban J connectivity index is 2.66. The predicted molar refractivity (Wildman–Crippen MR) is 79.6 cm³/mol. The lowest BCUT2D eigenvalue weighted by Crippen LogP contribution is -2.43. The van der Waals surface area contributed by atoms with Crippen molar-refractivity contribution in [1.82, 2.24) is 0 Å². The summed E-state index contributed by atoms with van der Waals surface area (Å²) in [7, 11) is -4.34. The third-order valence-corrected chi connectivity index (χ3v) is 5.06. The minimum absolute atomic E-state index is 0.197. The number of rotatable bonds is 5. The average molecular weight is 341 g/mol. The number of hydrogen-bond acceptors (Lipinski definition) is 3. The molecule has 5 nitrogen and oxygen atoms in total. The van der Waals surface area contributed by atoms with Crippen molar-refractivity contribution in [2.24, 2.45) is 0 Å². The second-order valence-electron chi connectivity index (χ2n) is 4.72. The van der Waals surface area contributed by atoms with Gasteiger partial charge in [-0.15, -0.1) is 0 Å². The number of benzene rings is 2. The van der Waals surface area contributed by atoms with E-state index in [1.807, 2.05) is 0 Å². The van der Waals surface area contributed by atoms with Gasteiger partial charge in [-0.05, 0) is 31.2 Å². The van der Waals surface area contributed by atoms with E-state index < -0.39 is 39.4 Å². The minimum Gasteiger partial charge on any atom is -0.480 e. The molecular weight excluding hydrogens is 328 g/mol. The molecule has 1 unspecified atom stereocenters. The molecule has 0 aliphatic rings. The van der Waals surface area contributed by atoms with Crippen LogP contribution in [0.25, 0.3) is 0 Å². The van der Waals surface area contributed by atoms with Crippen LogP contribution in [0.4, 0.5) is 14.5 Å². The molecule has 0 radical (unpaired) electrons. The van der Waals surface area contributed by atoms with E-state index >= 15 is 0 Å². The first-order chi connectivity index (χ1) is 10.7. The Morgan fingerprint density at radius 1 is 1.13 bits per heavy atom.